The van der Waals surface area contributed by atoms with Crippen molar-refractivity contribution in [3.05, 3.63) is 35.7 Å². The Labute approximate surface area is 114 Å². The molecule has 1 aromatic heterocycles. The summed E-state index contributed by atoms with van der Waals surface area (Å²) in [6.07, 6.45) is 1.62. The van der Waals surface area contributed by atoms with Gasteiger partial charge in [0.1, 0.15) is 12.1 Å². The van der Waals surface area contributed by atoms with E-state index in [1.54, 1.807) is 30.1 Å². The topological polar surface area (TPSA) is 77.2 Å². The van der Waals surface area contributed by atoms with Gasteiger partial charge in [-0.25, -0.2) is 4.79 Å². The second-order valence-electron chi connectivity index (χ2n) is 3.84. The molecule has 19 heavy (non-hydrogen) atoms. The van der Waals surface area contributed by atoms with Gasteiger partial charge in [0, 0.05) is 18.4 Å². The van der Waals surface area contributed by atoms with Crippen molar-refractivity contribution in [3.63, 3.8) is 0 Å². The van der Waals surface area contributed by atoms with E-state index in [0.717, 1.165) is 10.7 Å². The first-order valence-electron chi connectivity index (χ1n) is 5.49. The number of aryl methyl sites for hydroxylation is 1. The summed E-state index contributed by atoms with van der Waals surface area (Å²) in [4.78, 5) is 11.0. The highest BCUT2D eigenvalue weighted by molar-refractivity contribution is 7.98. The molecule has 0 bridgehead atoms. The van der Waals surface area contributed by atoms with Gasteiger partial charge in [-0.15, -0.1) is 10.2 Å². The van der Waals surface area contributed by atoms with Gasteiger partial charge < -0.3 is 14.4 Å². The fraction of sp³-hybridized carbons (Fsp3) is 0.250. The number of hydrogen-bond acceptors (Lipinski definition) is 5. The third-order valence-corrected chi connectivity index (χ3v) is 3.64. The van der Waals surface area contributed by atoms with Crippen molar-refractivity contribution in [1.29, 1.82) is 0 Å². The van der Waals surface area contributed by atoms with Crippen molar-refractivity contribution in [1.82, 2.24) is 14.8 Å². The number of aromatic nitrogens is 3. The minimum Gasteiger partial charge on any atom is -0.496 e. The van der Waals surface area contributed by atoms with Crippen LogP contribution < -0.4 is 4.74 Å². The van der Waals surface area contributed by atoms with E-state index < -0.39 is 5.97 Å². The molecule has 0 amide bonds. The molecule has 0 saturated carbocycles. The predicted molar refractivity (Wildman–Crippen MR) is 70.5 cm³/mol. The fourth-order valence-electron chi connectivity index (χ4n) is 1.57. The standard InChI is InChI=1S/C12H13N3O3S/c1-15-7-13-14-12(15)19-6-9-5-8(11(16)17)3-4-10(9)18-2/h3-5,7H,6H2,1-2H3,(H,16,17). The molecular weight excluding hydrogens is 266 g/mol. The number of benzene rings is 1. The number of methoxy groups -OCH3 is 1. The maximum Gasteiger partial charge on any atom is 0.335 e. The summed E-state index contributed by atoms with van der Waals surface area (Å²) in [5, 5.41) is 17.5. The van der Waals surface area contributed by atoms with Crippen molar-refractivity contribution in [2.24, 2.45) is 7.05 Å². The van der Waals surface area contributed by atoms with E-state index in [2.05, 4.69) is 10.2 Å². The van der Waals surface area contributed by atoms with E-state index in [1.165, 1.54) is 17.8 Å². The lowest BCUT2D eigenvalue weighted by molar-refractivity contribution is 0.0696. The minimum absolute atomic E-state index is 0.245. The Morgan fingerprint density at radius 3 is 2.89 bits per heavy atom. The first-order chi connectivity index (χ1) is 9.11. The summed E-state index contributed by atoms with van der Waals surface area (Å²) in [5.41, 5.74) is 1.06. The van der Waals surface area contributed by atoms with Crippen LogP contribution >= 0.6 is 11.8 Å². The van der Waals surface area contributed by atoms with Gasteiger partial charge in [0.2, 0.25) is 0 Å². The molecule has 0 spiro atoms. The molecule has 0 aliphatic heterocycles. The molecule has 0 unspecified atom stereocenters. The van der Waals surface area contributed by atoms with Gasteiger partial charge in [0.25, 0.3) is 0 Å². The highest BCUT2D eigenvalue weighted by atomic mass is 32.2. The number of nitrogens with zero attached hydrogens (tertiary/aromatic N) is 3. The Balaban J connectivity index is 2.20. The second kappa shape index (κ2) is 5.75. The van der Waals surface area contributed by atoms with Crippen LogP contribution in [0.3, 0.4) is 0 Å². The maximum absolute atomic E-state index is 11.0. The van der Waals surface area contributed by atoms with Crippen LogP contribution in [-0.2, 0) is 12.8 Å². The molecule has 6 nitrogen and oxygen atoms in total. The monoisotopic (exact) mass is 279 g/mol. The average molecular weight is 279 g/mol. The van der Waals surface area contributed by atoms with Crippen LogP contribution in [0.4, 0.5) is 0 Å². The van der Waals surface area contributed by atoms with Gasteiger partial charge in [0.05, 0.1) is 12.7 Å². The van der Waals surface area contributed by atoms with Gasteiger partial charge in [-0.05, 0) is 18.2 Å². The lowest BCUT2D eigenvalue weighted by Crippen LogP contribution is -1.99. The van der Waals surface area contributed by atoms with E-state index in [0.29, 0.717) is 11.5 Å². The number of carboxylic acids is 1. The molecular formula is C12H13N3O3S. The molecule has 2 rings (SSSR count). The van der Waals surface area contributed by atoms with E-state index >= 15 is 0 Å². The molecule has 0 fully saturated rings. The summed E-state index contributed by atoms with van der Waals surface area (Å²) in [6, 6.07) is 4.80. The Bertz CT molecular complexity index is 598. The second-order valence-corrected chi connectivity index (χ2v) is 4.79. The van der Waals surface area contributed by atoms with E-state index in [4.69, 9.17) is 9.84 Å². The smallest absolute Gasteiger partial charge is 0.335 e. The molecule has 0 atom stereocenters. The number of ether oxygens (including phenoxy) is 1. The lowest BCUT2D eigenvalue weighted by Gasteiger charge is -2.08. The average Bonchev–Trinajstić information content (AvgIpc) is 2.81. The summed E-state index contributed by atoms with van der Waals surface area (Å²) >= 11 is 1.47. The minimum atomic E-state index is -0.951. The Morgan fingerprint density at radius 1 is 1.53 bits per heavy atom. The Hall–Kier alpha value is -2.02. The van der Waals surface area contributed by atoms with Crippen LogP contribution in [0.1, 0.15) is 15.9 Å². The van der Waals surface area contributed by atoms with Crippen LogP contribution in [0.25, 0.3) is 0 Å². The zero-order valence-corrected chi connectivity index (χ0v) is 11.3. The van der Waals surface area contributed by atoms with Crippen LogP contribution in [0.15, 0.2) is 29.7 Å². The molecule has 0 aliphatic rings. The van der Waals surface area contributed by atoms with Crippen LogP contribution in [0.5, 0.6) is 5.75 Å². The van der Waals surface area contributed by atoms with Crippen molar-refractivity contribution in [3.8, 4) is 5.75 Å². The van der Waals surface area contributed by atoms with Crippen LogP contribution in [0.2, 0.25) is 0 Å². The molecule has 0 saturated heterocycles. The quantitative estimate of drug-likeness (QED) is 0.841. The van der Waals surface area contributed by atoms with Gasteiger partial charge in [-0.3, -0.25) is 0 Å². The molecule has 1 heterocycles. The van der Waals surface area contributed by atoms with Crippen molar-refractivity contribution >= 4 is 17.7 Å². The third-order valence-electron chi connectivity index (χ3n) is 2.55. The molecule has 1 aromatic carbocycles. The van der Waals surface area contributed by atoms with E-state index in [1.807, 2.05) is 7.05 Å². The molecule has 0 aliphatic carbocycles. The first-order valence-corrected chi connectivity index (χ1v) is 6.47. The number of carboxylic acid groups (broad SMARTS) is 1. The normalized spacial score (nSPS) is 10.4. The van der Waals surface area contributed by atoms with Crippen molar-refractivity contribution < 1.29 is 14.6 Å². The molecule has 1 N–H and O–H groups in total. The maximum atomic E-state index is 11.0. The SMILES string of the molecule is COc1ccc(C(=O)O)cc1CSc1nncn1C. The highest BCUT2D eigenvalue weighted by Gasteiger charge is 2.10. The zero-order valence-electron chi connectivity index (χ0n) is 10.5. The fourth-order valence-corrected chi connectivity index (χ4v) is 2.44. The van der Waals surface area contributed by atoms with Crippen molar-refractivity contribution in [2.75, 3.05) is 7.11 Å². The number of thioether (sulfide) groups is 1. The van der Waals surface area contributed by atoms with Gasteiger partial charge in [0.15, 0.2) is 5.16 Å². The largest absolute Gasteiger partial charge is 0.496 e. The van der Waals surface area contributed by atoms with Gasteiger partial charge in [-0.2, -0.15) is 0 Å². The first kappa shape index (κ1) is 13.4. The van der Waals surface area contributed by atoms with E-state index in [9.17, 15) is 4.79 Å². The van der Waals surface area contributed by atoms with Crippen molar-refractivity contribution in [2.45, 2.75) is 10.9 Å². The summed E-state index contributed by atoms with van der Waals surface area (Å²) < 4.78 is 7.03. The molecule has 100 valence electrons. The van der Waals surface area contributed by atoms with Crippen LogP contribution in [0, 0.1) is 0 Å². The number of carbonyl (C=O) groups is 1. The van der Waals surface area contributed by atoms with E-state index in [-0.39, 0.29) is 5.56 Å². The third kappa shape index (κ3) is 3.05. The highest BCUT2D eigenvalue weighted by Crippen LogP contribution is 2.27. The van der Waals surface area contributed by atoms with Crippen LogP contribution in [-0.4, -0.2) is 33.0 Å². The molecule has 2 aromatic rings. The van der Waals surface area contributed by atoms with Gasteiger partial charge >= 0.3 is 5.97 Å². The zero-order chi connectivity index (χ0) is 13.8. The number of aromatic carboxylic acids is 1. The lowest BCUT2D eigenvalue weighted by atomic mass is 10.1. The summed E-state index contributed by atoms with van der Waals surface area (Å²) in [6.45, 7) is 0. The summed E-state index contributed by atoms with van der Waals surface area (Å²) in [5.74, 6) is 0.281. The number of hydrogen-bond donors (Lipinski definition) is 1. The Kier molecular flexibility index (Phi) is 4.06. The molecule has 0 radical (unpaired) electrons. The number of rotatable bonds is 5. The predicted octanol–water partition coefficient (Wildman–Crippen LogP) is 1.81. The molecule has 7 heteroatoms. The van der Waals surface area contributed by atoms with Gasteiger partial charge in [-0.1, -0.05) is 11.8 Å². The Morgan fingerprint density at radius 2 is 2.32 bits per heavy atom. The summed E-state index contributed by atoms with van der Waals surface area (Å²) in [7, 11) is 3.42.